The van der Waals surface area contributed by atoms with Gasteiger partial charge in [-0.1, -0.05) is 6.92 Å². The maximum absolute atomic E-state index is 12.7. The summed E-state index contributed by atoms with van der Waals surface area (Å²) >= 11 is 0. The highest BCUT2D eigenvalue weighted by molar-refractivity contribution is 7.72. The molecule has 0 saturated carbocycles. The van der Waals surface area contributed by atoms with Gasteiger partial charge in [-0.25, -0.2) is 0 Å². The van der Waals surface area contributed by atoms with E-state index < -0.39 is 26.7 Å². The highest BCUT2D eigenvalue weighted by atomic mass is 31.2. The fraction of sp³-hybridized carbons (Fsp3) is 0.833. The van der Waals surface area contributed by atoms with Crippen LogP contribution in [0.3, 0.4) is 0 Å². The van der Waals surface area contributed by atoms with Crippen LogP contribution in [0.5, 0.6) is 0 Å². The van der Waals surface area contributed by atoms with Crippen molar-refractivity contribution in [3.05, 3.63) is 0 Å². The fourth-order valence-corrected chi connectivity index (χ4v) is 6.08. The molecule has 118 valence electrons. The van der Waals surface area contributed by atoms with E-state index in [0.29, 0.717) is 6.42 Å². The molecule has 0 amide bonds. The van der Waals surface area contributed by atoms with Gasteiger partial charge in [0.15, 0.2) is 5.40 Å². The number of rotatable bonds is 10. The van der Waals surface area contributed by atoms with Gasteiger partial charge >= 0.3 is 15.2 Å². The summed E-state index contributed by atoms with van der Waals surface area (Å²) in [7, 11) is -8.04. The molecule has 20 heavy (non-hydrogen) atoms. The summed E-state index contributed by atoms with van der Waals surface area (Å²) in [4.78, 5) is 10.1. The first-order valence-electron chi connectivity index (χ1n) is 6.60. The molecule has 0 aliphatic carbocycles. The van der Waals surface area contributed by atoms with E-state index in [-0.39, 0.29) is 19.6 Å². The SMILES string of the molecule is C#CCC(P(=O)(O)OC(C)CC)P(=O)(OCC)OCC. The van der Waals surface area contributed by atoms with Crippen LogP contribution in [0, 0.1) is 12.3 Å². The van der Waals surface area contributed by atoms with Crippen LogP contribution in [-0.2, 0) is 22.7 Å². The number of hydrogen-bond donors (Lipinski definition) is 1. The van der Waals surface area contributed by atoms with E-state index >= 15 is 0 Å². The summed E-state index contributed by atoms with van der Waals surface area (Å²) in [6.07, 6.45) is 5.07. The van der Waals surface area contributed by atoms with Gasteiger partial charge in [-0.2, -0.15) is 0 Å². The molecule has 0 saturated heterocycles. The third kappa shape index (κ3) is 5.69. The Morgan fingerprint density at radius 2 is 1.70 bits per heavy atom. The molecular weight excluding hydrogens is 302 g/mol. The highest BCUT2D eigenvalue weighted by Crippen LogP contribution is 2.69. The average Bonchev–Trinajstić information content (AvgIpc) is 2.35. The molecule has 0 fully saturated rings. The van der Waals surface area contributed by atoms with Gasteiger partial charge in [-0.3, -0.25) is 9.13 Å². The zero-order valence-electron chi connectivity index (χ0n) is 12.4. The van der Waals surface area contributed by atoms with E-state index in [2.05, 4.69) is 5.92 Å². The Morgan fingerprint density at radius 1 is 1.20 bits per heavy atom. The predicted molar refractivity (Wildman–Crippen MR) is 78.8 cm³/mol. The van der Waals surface area contributed by atoms with Crippen molar-refractivity contribution in [2.45, 2.75) is 52.0 Å². The van der Waals surface area contributed by atoms with Crippen LogP contribution in [0.4, 0.5) is 0 Å². The van der Waals surface area contributed by atoms with Gasteiger partial charge < -0.3 is 18.5 Å². The van der Waals surface area contributed by atoms with Gasteiger partial charge in [0.2, 0.25) is 0 Å². The van der Waals surface area contributed by atoms with Crippen LogP contribution in [0.2, 0.25) is 0 Å². The lowest BCUT2D eigenvalue weighted by Crippen LogP contribution is -2.18. The van der Waals surface area contributed by atoms with E-state index in [1.807, 2.05) is 6.92 Å². The van der Waals surface area contributed by atoms with Crippen LogP contribution < -0.4 is 0 Å². The average molecular weight is 326 g/mol. The molecule has 0 aliphatic rings. The van der Waals surface area contributed by atoms with Crippen molar-refractivity contribution >= 4 is 15.2 Å². The van der Waals surface area contributed by atoms with E-state index in [1.54, 1.807) is 20.8 Å². The highest BCUT2D eigenvalue weighted by Gasteiger charge is 2.49. The Hall–Kier alpha value is -0.140. The third-order valence-corrected chi connectivity index (χ3v) is 8.04. The summed E-state index contributed by atoms with van der Waals surface area (Å²) < 4.78 is 40.4. The van der Waals surface area contributed by atoms with E-state index in [4.69, 9.17) is 20.0 Å². The lowest BCUT2D eigenvalue weighted by atomic mass is 10.3. The van der Waals surface area contributed by atoms with Gasteiger partial charge in [0.25, 0.3) is 0 Å². The predicted octanol–water partition coefficient (Wildman–Crippen LogP) is 3.60. The Balaban J connectivity index is 5.43. The van der Waals surface area contributed by atoms with Crippen molar-refractivity contribution in [3.63, 3.8) is 0 Å². The molecule has 8 heteroatoms. The van der Waals surface area contributed by atoms with Crippen molar-refractivity contribution in [1.82, 2.24) is 0 Å². The van der Waals surface area contributed by atoms with Gasteiger partial charge in [-0.15, -0.1) is 12.3 Å². The van der Waals surface area contributed by atoms with Crippen LogP contribution in [0.15, 0.2) is 0 Å². The standard InChI is InChI=1S/C12H24O6P2/c1-6-10-12(19(13,14)18-11(5)7-2)20(15,16-8-3)17-9-4/h1,11-12H,7-10H2,2-5H3,(H,13,14). The Bertz CT molecular complexity index is 407. The first-order chi connectivity index (χ1) is 9.27. The summed E-state index contributed by atoms with van der Waals surface area (Å²) in [6.45, 7) is 6.88. The topological polar surface area (TPSA) is 82.1 Å². The normalized spacial score (nSPS) is 18.0. The van der Waals surface area contributed by atoms with Crippen molar-refractivity contribution < 1.29 is 27.6 Å². The van der Waals surface area contributed by atoms with Crippen molar-refractivity contribution in [3.8, 4) is 12.3 Å². The first-order valence-corrected chi connectivity index (χ1v) is 9.86. The first kappa shape index (κ1) is 19.9. The van der Waals surface area contributed by atoms with Crippen LogP contribution in [0.1, 0.15) is 40.5 Å². The molecule has 0 aromatic rings. The molecule has 0 heterocycles. The molecule has 0 aromatic carbocycles. The molecule has 3 atom stereocenters. The lowest BCUT2D eigenvalue weighted by molar-refractivity contribution is 0.175. The molecule has 0 aliphatic heterocycles. The lowest BCUT2D eigenvalue weighted by Gasteiger charge is -2.29. The monoisotopic (exact) mass is 326 g/mol. The Kier molecular flexibility index (Phi) is 8.93. The van der Waals surface area contributed by atoms with Gasteiger partial charge in [0.05, 0.1) is 19.3 Å². The van der Waals surface area contributed by atoms with Crippen molar-refractivity contribution in [2.24, 2.45) is 0 Å². The van der Waals surface area contributed by atoms with Gasteiger partial charge in [0, 0.05) is 6.42 Å². The summed E-state index contributed by atoms with van der Waals surface area (Å²) in [6, 6.07) is 0. The number of terminal acetylenes is 1. The molecule has 1 N–H and O–H groups in total. The van der Waals surface area contributed by atoms with E-state index in [1.165, 1.54) is 0 Å². The summed E-state index contributed by atoms with van der Waals surface area (Å²) in [5.74, 6) is 2.24. The smallest absolute Gasteiger partial charge is 0.324 e. The molecule has 0 spiro atoms. The maximum Gasteiger partial charge on any atom is 0.346 e. The van der Waals surface area contributed by atoms with Crippen molar-refractivity contribution in [1.29, 1.82) is 0 Å². The summed E-state index contributed by atoms with van der Waals surface area (Å²) in [5, 5.41) is -1.37. The van der Waals surface area contributed by atoms with Gasteiger partial charge in [0.1, 0.15) is 0 Å². The Labute approximate surface area is 121 Å². The second-order valence-corrected chi connectivity index (χ2v) is 8.74. The molecule has 0 radical (unpaired) electrons. The minimum absolute atomic E-state index is 0.0850. The van der Waals surface area contributed by atoms with Crippen LogP contribution in [-0.4, -0.2) is 29.6 Å². The molecule has 0 rings (SSSR count). The van der Waals surface area contributed by atoms with Crippen molar-refractivity contribution in [2.75, 3.05) is 13.2 Å². The second-order valence-electron chi connectivity index (χ2n) is 4.15. The minimum Gasteiger partial charge on any atom is -0.324 e. The van der Waals surface area contributed by atoms with E-state index in [0.717, 1.165) is 0 Å². The zero-order valence-corrected chi connectivity index (χ0v) is 14.2. The maximum atomic E-state index is 12.7. The molecule has 6 nitrogen and oxygen atoms in total. The third-order valence-electron chi connectivity index (χ3n) is 2.57. The fourth-order valence-electron chi connectivity index (χ4n) is 1.48. The quantitative estimate of drug-likeness (QED) is 0.488. The Morgan fingerprint density at radius 3 is 2.05 bits per heavy atom. The summed E-state index contributed by atoms with van der Waals surface area (Å²) in [5.41, 5.74) is 0. The molecule has 0 aromatic heterocycles. The van der Waals surface area contributed by atoms with Crippen LogP contribution >= 0.6 is 15.2 Å². The molecule has 3 unspecified atom stereocenters. The van der Waals surface area contributed by atoms with E-state index in [9.17, 15) is 14.0 Å². The van der Waals surface area contributed by atoms with Crippen LogP contribution in [0.25, 0.3) is 0 Å². The van der Waals surface area contributed by atoms with Gasteiger partial charge in [-0.05, 0) is 27.2 Å². The molecule has 0 bridgehead atoms. The largest absolute Gasteiger partial charge is 0.346 e. The zero-order chi connectivity index (χ0) is 15.8. The molecular formula is C12H24O6P2. The minimum atomic E-state index is -4.23. The second kappa shape index (κ2) is 9.00. The number of hydrogen-bond acceptors (Lipinski definition) is 5.